The Kier molecular flexibility index (Phi) is 4.94. The van der Waals surface area contributed by atoms with Crippen LogP contribution in [0, 0.1) is 0 Å². The largest absolute Gasteiger partial charge is 0.477 e. The fourth-order valence-electron chi connectivity index (χ4n) is 2.65. The average molecular weight is 283 g/mol. The molecule has 2 heterocycles. The first-order chi connectivity index (χ1) is 9.63. The number of carboxylic acid groups (broad SMARTS) is 1. The third-order valence-electron chi connectivity index (χ3n) is 3.69. The highest BCUT2D eigenvalue weighted by atomic mass is 16.6. The normalized spacial score (nSPS) is 23.1. The molecule has 0 bridgehead atoms. The molecule has 20 heavy (non-hydrogen) atoms. The summed E-state index contributed by atoms with van der Waals surface area (Å²) < 4.78 is 0. The molecule has 1 saturated heterocycles. The molecule has 0 aromatic carbocycles. The van der Waals surface area contributed by atoms with Crippen LogP contribution in [0.15, 0.2) is 5.16 Å². The second-order valence-corrected chi connectivity index (χ2v) is 5.15. The third kappa shape index (κ3) is 3.27. The second kappa shape index (κ2) is 6.69. The topological polar surface area (TPSA) is 91.2 Å². The number of nitrogens with one attached hydrogen (secondary N) is 1. The monoisotopic (exact) mass is 283 g/mol. The van der Waals surface area contributed by atoms with Crippen LogP contribution in [0.2, 0.25) is 0 Å². The molecule has 1 amide bonds. The Hall–Kier alpha value is -1.63. The highest BCUT2D eigenvalue weighted by molar-refractivity contribution is 6.36. The van der Waals surface area contributed by atoms with Crippen LogP contribution in [-0.2, 0) is 14.4 Å². The van der Waals surface area contributed by atoms with E-state index in [2.05, 4.69) is 10.5 Å². The Morgan fingerprint density at radius 3 is 2.70 bits per heavy atom. The van der Waals surface area contributed by atoms with E-state index < -0.39 is 12.1 Å². The van der Waals surface area contributed by atoms with Crippen molar-refractivity contribution in [3.63, 3.8) is 0 Å². The smallest absolute Gasteiger partial charge is 0.353 e. The van der Waals surface area contributed by atoms with Gasteiger partial charge in [0.1, 0.15) is 0 Å². The number of nitrogens with zero attached hydrogens (tertiary/aromatic N) is 2. The third-order valence-corrected chi connectivity index (χ3v) is 3.69. The van der Waals surface area contributed by atoms with Gasteiger partial charge in [-0.05, 0) is 32.4 Å². The van der Waals surface area contributed by atoms with Crippen molar-refractivity contribution >= 4 is 17.6 Å². The maximum Gasteiger partial charge on any atom is 0.353 e. The summed E-state index contributed by atoms with van der Waals surface area (Å²) in [4.78, 5) is 30.2. The van der Waals surface area contributed by atoms with Gasteiger partial charge in [0.2, 0.25) is 6.10 Å². The van der Waals surface area contributed by atoms with E-state index in [1.165, 1.54) is 0 Å². The molecular formula is C13H21N3O4. The predicted molar refractivity (Wildman–Crippen MR) is 72.5 cm³/mol. The molecule has 0 aliphatic carbocycles. The van der Waals surface area contributed by atoms with Gasteiger partial charge in [0.05, 0.1) is 0 Å². The van der Waals surface area contributed by atoms with Crippen molar-refractivity contribution in [3.05, 3.63) is 0 Å². The molecular weight excluding hydrogens is 262 g/mol. The van der Waals surface area contributed by atoms with Crippen molar-refractivity contribution in [2.45, 2.75) is 44.8 Å². The fourth-order valence-corrected chi connectivity index (χ4v) is 2.65. The molecule has 0 aromatic rings. The van der Waals surface area contributed by atoms with Crippen molar-refractivity contribution in [1.82, 2.24) is 10.2 Å². The summed E-state index contributed by atoms with van der Waals surface area (Å²) in [6.07, 6.45) is 1.99. The van der Waals surface area contributed by atoms with Gasteiger partial charge in [0.25, 0.3) is 5.91 Å². The number of oxime groups is 1. The van der Waals surface area contributed by atoms with E-state index in [0.29, 0.717) is 6.54 Å². The lowest BCUT2D eigenvalue weighted by atomic mass is 10.0. The zero-order valence-electron chi connectivity index (χ0n) is 11.7. The quantitative estimate of drug-likeness (QED) is 0.752. The van der Waals surface area contributed by atoms with E-state index in [1.54, 1.807) is 0 Å². The summed E-state index contributed by atoms with van der Waals surface area (Å²) >= 11 is 0. The van der Waals surface area contributed by atoms with Gasteiger partial charge in [-0.25, -0.2) is 4.79 Å². The highest BCUT2D eigenvalue weighted by Gasteiger charge is 2.36. The summed E-state index contributed by atoms with van der Waals surface area (Å²) in [6, 6.07) is 0.209. The molecule has 2 rings (SSSR count). The molecule has 1 unspecified atom stereocenters. The van der Waals surface area contributed by atoms with Crippen molar-refractivity contribution in [2.24, 2.45) is 5.16 Å². The molecule has 0 saturated carbocycles. The first-order valence-corrected chi connectivity index (χ1v) is 7.10. The Morgan fingerprint density at radius 2 is 2.15 bits per heavy atom. The summed E-state index contributed by atoms with van der Waals surface area (Å²) in [7, 11) is 0. The Labute approximate surface area is 117 Å². The SMILES string of the molecule is CCCN(C(=O)C1CC(C(=O)O)=NO1)C1CCNCC1. The predicted octanol–water partition coefficient (Wildman–Crippen LogP) is 0.207. The lowest BCUT2D eigenvalue weighted by Gasteiger charge is -2.35. The number of hydrogen-bond acceptors (Lipinski definition) is 5. The summed E-state index contributed by atoms with van der Waals surface area (Å²) in [5, 5.41) is 15.6. The van der Waals surface area contributed by atoms with Gasteiger partial charge in [-0.1, -0.05) is 12.1 Å². The maximum atomic E-state index is 12.5. The first kappa shape index (κ1) is 14.8. The fraction of sp³-hybridized carbons (Fsp3) is 0.769. The zero-order valence-corrected chi connectivity index (χ0v) is 11.7. The number of amides is 1. The number of carbonyl (C=O) groups is 2. The molecule has 2 aliphatic heterocycles. The van der Waals surface area contributed by atoms with Crippen molar-refractivity contribution < 1.29 is 19.5 Å². The van der Waals surface area contributed by atoms with E-state index in [4.69, 9.17) is 9.94 Å². The second-order valence-electron chi connectivity index (χ2n) is 5.15. The summed E-state index contributed by atoms with van der Waals surface area (Å²) in [5.41, 5.74) is -0.0786. The Bertz CT molecular complexity index is 404. The standard InChI is InChI=1S/C13H21N3O4/c1-2-7-16(9-3-5-14-6-4-9)12(17)11-8-10(13(18)19)15-20-11/h9,11,14H,2-8H2,1H3,(H,18,19). The van der Waals surface area contributed by atoms with Crippen LogP contribution >= 0.6 is 0 Å². The Balaban J connectivity index is 1.99. The van der Waals surface area contributed by atoms with Gasteiger partial charge in [-0.15, -0.1) is 0 Å². The minimum Gasteiger partial charge on any atom is -0.477 e. The van der Waals surface area contributed by atoms with Crippen molar-refractivity contribution in [1.29, 1.82) is 0 Å². The van der Waals surface area contributed by atoms with Crippen LogP contribution in [0.1, 0.15) is 32.6 Å². The number of aliphatic carboxylic acids is 1. The molecule has 0 spiro atoms. The number of hydrogen-bond donors (Lipinski definition) is 2. The molecule has 112 valence electrons. The highest BCUT2D eigenvalue weighted by Crippen LogP contribution is 2.19. The number of carbonyl (C=O) groups excluding carboxylic acids is 1. The average Bonchev–Trinajstić information content (AvgIpc) is 2.95. The molecule has 0 radical (unpaired) electrons. The zero-order chi connectivity index (χ0) is 14.5. The molecule has 2 aliphatic rings. The van der Waals surface area contributed by atoms with Gasteiger partial charge >= 0.3 is 5.97 Å². The number of rotatable bonds is 5. The maximum absolute atomic E-state index is 12.5. The van der Waals surface area contributed by atoms with Crippen LogP contribution in [-0.4, -0.2) is 59.4 Å². The van der Waals surface area contributed by atoms with E-state index in [-0.39, 0.29) is 24.1 Å². The summed E-state index contributed by atoms with van der Waals surface area (Å²) in [6.45, 7) is 4.50. The van der Waals surface area contributed by atoms with Crippen LogP contribution in [0.25, 0.3) is 0 Å². The van der Waals surface area contributed by atoms with E-state index in [1.807, 2.05) is 11.8 Å². The van der Waals surface area contributed by atoms with Crippen LogP contribution in [0.5, 0.6) is 0 Å². The minimum absolute atomic E-state index is 0.0549. The van der Waals surface area contributed by atoms with E-state index in [0.717, 1.165) is 32.4 Å². The first-order valence-electron chi connectivity index (χ1n) is 7.10. The number of piperidine rings is 1. The van der Waals surface area contributed by atoms with Crippen LogP contribution < -0.4 is 5.32 Å². The summed E-state index contributed by atoms with van der Waals surface area (Å²) in [5.74, 6) is -1.26. The van der Waals surface area contributed by atoms with Crippen LogP contribution in [0.3, 0.4) is 0 Å². The molecule has 1 atom stereocenters. The van der Waals surface area contributed by atoms with Gasteiger partial charge in [-0.2, -0.15) is 0 Å². The minimum atomic E-state index is -1.12. The van der Waals surface area contributed by atoms with E-state index >= 15 is 0 Å². The molecule has 1 fully saturated rings. The lowest BCUT2D eigenvalue weighted by Crippen LogP contribution is -2.50. The van der Waals surface area contributed by atoms with Gasteiger partial charge in [0, 0.05) is 19.0 Å². The van der Waals surface area contributed by atoms with Crippen molar-refractivity contribution in [3.8, 4) is 0 Å². The van der Waals surface area contributed by atoms with Gasteiger partial charge in [0.15, 0.2) is 5.71 Å². The molecule has 7 heteroatoms. The lowest BCUT2D eigenvalue weighted by molar-refractivity contribution is -0.145. The van der Waals surface area contributed by atoms with Gasteiger partial charge in [-0.3, -0.25) is 4.79 Å². The number of carboxylic acids is 1. The van der Waals surface area contributed by atoms with Crippen molar-refractivity contribution in [2.75, 3.05) is 19.6 Å². The molecule has 0 aromatic heterocycles. The van der Waals surface area contributed by atoms with E-state index in [9.17, 15) is 9.59 Å². The van der Waals surface area contributed by atoms with Gasteiger partial charge < -0.3 is 20.2 Å². The Morgan fingerprint density at radius 1 is 1.45 bits per heavy atom. The molecule has 2 N–H and O–H groups in total. The van der Waals surface area contributed by atoms with Crippen LogP contribution in [0.4, 0.5) is 0 Å². The molecule has 7 nitrogen and oxygen atoms in total.